The number of benzene rings is 1. The second-order valence-electron chi connectivity index (χ2n) is 2.52. The van der Waals surface area contributed by atoms with Crippen molar-refractivity contribution in [2.24, 2.45) is 0 Å². The summed E-state index contributed by atoms with van der Waals surface area (Å²) in [4.78, 5) is 0.226. The first kappa shape index (κ1) is 10.6. The molecule has 1 rings (SSSR count). The van der Waals surface area contributed by atoms with Crippen LogP contribution < -0.4 is 0 Å². The van der Waals surface area contributed by atoms with Crippen molar-refractivity contribution >= 4 is 12.6 Å². The molecule has 15 heavy (non-hydrogen) atoms. The van der Waals surface area contributed by atoms with Crippen molar-refractivity contribution in [3.8, 4) is 24.3 Å². The fraction of sp³-hybridized carbons (Fsp3) is 0. The molecule has 0 radical (unpaired) electrons. The van der Waals surface area contributed by atoms with E-state index in [9.17, 15) is 0 Å². The largest absolute Gasteiger partial charge is 0.192 e. The van der Waals surface area contributed by atoms with Gasteiger partial charge in [-0.05, 0) is 6.07 Å². The van der Waals surface area contributed by atoms with Crippen LogP contribution in [0.15, 0.2) is 11.0 Å². The zero-order valence-electron chi connectivity index (χ0n) is 7.31. The van der Waals surface area contributed by atoms with Crippen molar-refractivity contribution < 1.29 is 0 Å². The summed E-state index contributed by atoms with van der Waals surface area (Å²) in [7, 11) is 0. The Bertz CT molecular complexity index is 590. The van der Waals surface area contributed by atoms with Gasteiger partial charge in [0.15, 0.2) is 0 Å². The average molecular weight is 210 g/mol. The van der Waals surface area contributed by atoms with E-state index >= 15 is 0 Å². The molecular weight excluding hydrogens is 208 g/mol. The summed E-state index contributed by atoms with van der Waals surface area (Å²) in [6, 6.07) is 8.34. The maximum Gasteiger partial charge on any atom is 0.102 e. The molecule has 0 bridgehead atoms. The second-order valence-corrected chi connectivity index (χ2v) is 3.00. The second kappa shape index (κ2) is 4.16. The number of nitriles is 4. The highest BCUT2D eigenvalue weighted by Crippen LogP contribution is 2.24. The summed E-state index contributed by atoms with van der Waals surface area (Å²) >= 11 is 3.98. The lowest BCUT2D eigenvalue weighted by Gasteiger charge is -2.02. The Kier molecular flexibility index (Phi) is 2.94. The molecule has 0 saturated heterocycles. The van der Waals surface area contributed by atoms with Crippen LogP contribution in [0, 0.1) is 45.3 Å². The molecule has 0 unspecified atom stereocenters. The summed E-state index contributed by atoms with van der Waals surface area (Å²) in [6.07, 6.45) is 0. The Labute approximate surface area is 91.6 Å². The molecule has 0 saturated carbocycles. The van der Waals surface area contributed by atoms with Gasteiger partial charge in [-0.1, -0.05) is 0 Å². The fourth-order valence-electron chi connectivity index (χ4n) is 1.10. The van der Waals surface area contributed by atoms with Gasteiger partial charge < -0.3 is 0 Å². The molecule has 0 atom stereocenters. The molecule has 0 aliphatic heterocycles. The van der Waals surface area contributed by atoms with Gasteiger partial charge in [-0.25, -0.2) is 0 Å². The molecule has 0 spiro atoms. The minimum absolute atomic E-state index is 0.0244. The summed E-state index contributed by atoms with van der Waals surface area (Å²) in [5, 5.41) is 35.1. The van der Waals surface area contributed by atoms with Gasteiger partial charge in [-0.15, -0.1) is 12.6 Å². The third kappa shape index (κ3) is 1.61. The van der Waals surface area contributed by atoms with E-state index in [1.807, 2.05) is 0 Å². The fourth-order valence-corrected chi connectivity index (χ4v) is 1.39. The Balaban J connectivity index is 3.84. The van der Waals surface area contributed by atoms with Gasteiger partial charge in [-0.3, -0.25) is 0 Å². The molecule has 0 aliphatic carbocycles. The minimum Gasteiger partial charge on any atom is -0.192 e. The van der Waals surface area contributed by atoms with E-state index < -0.39 is 0 Å². The van der Waals surface area contributed by atoms with E-state index in [4.69, 9.17) is 21.0 Å². The third-order valence-electron chi connectivity index (χ3n) is 1.76. The van der Waals surface area contributed by atoms with E-state index in [1.165, 1.54) is 6.07 Å². The quantitative estimate of drug-likeness (QED) is 0.655. The van der Waals surface area contributed by atoms with Crippen molar-refractivity contribution in [2.75, 3.05) is 0 Å². The zero-order chi connectivity index (χ0) is 11.4. The van der Waals surface area contributed by atoms with Crippen molar-refractivity contribution in [2.45, 2.75) is 4.90 Å². The summed E-state index contributed by atoms with van der Waals surface area (Å²) in [5.41, 5.74) is -0.0900. The number of rotatable bonds is 0. The van der Waals surface area contributed by atoms with Crippen LogP contribution in [0.25, 0.3) is 0 Å². The highest BCUT2D eigenvalue weighted by atomic mass is 32.1. The molecule has 0 aromatic heterocycles. The Morgan fingerprint density at radius 1 is 0.800 bits per heavy atom. The molecule has 68 valence electrons. The standard InChI is InChI=1S/C10H2N4S/c11-2-6-1-10(15)9(5-14)8(4-13)7(6)3-12/h1,15H. The van der Waals surface area contributed by atoms with Crippen molar-refractivity contribution in [1.82, 2.24) is 0 Å². The molecule has 1 aromatic carbocycles. The Morgan fingerprint density at radius 3 is 1.73 bits per heavy atom. The molecule has 5 heteroatoms. The normalized spacial score (nSPS) is 8.07. The summed E-state index contributed by atoms with van der Waals surface area (Å²) in [6.45, 7) is 0. The summed E-state index contributed by atoms with van der Waals surface area (Å²) < 4.78 is 0. The van der Waals surface area contributed by atoms with Crippen molar-refractivity contribution in [3.63, 3.8) is 0 Å². The van der Waals surface area contributed by atoms with E-state index in [2.05, 4.69) is 12.6 Å². The van der Waals surface area contributed by atoms with Crippen molar-refractivity contribution in [3.05, 3.63) is 28.3 Å². The lowest BCUT2D eigenvalue weighted by molar-refractivity contribution is 1.29. The van der Waals surface area contributed by atoms with Crippen LogP contribution in [-0.2, 0) is 0 Å². The molecule has 0 N–H and O–H groups in total. The maximum atomic E-state index is 8.81. The minimum atomic E-state index is -0.0935. The molecule has 0 heterocycles. The highest BCUT2D eigenvalue weighted by molar-refractivity contribution is 7.80. The van der Waals surface area contributed by atoms with Crippen LogP contribution in [0.2, 0.25) is 0 Å². The Morgan fingerprint density at radius 2 is 1.33 bits per heavy atom. The molecule has 4 nitrogen and oxygen atoms in total. The molecule has 1 aromatic rings. The van der Waals surface area contributed by atoms with Gasteiger partial charge in [0.2, 0.25) is 0 Å². The van der Waals surface area contributed by atoms with Gasteiger partial charge in [0.05, 0.1) is 22.3 Å². The van der Waals surface area contributed by atoms with Crippen molar-refractivity contribution in [1.29, 1.82) is 21.0 Å². The third-order valence-corrected chi connectivity index (χ3v) is 2.12. The summed E-state index contributed by atoms with van der Waals surface area (Å²) in [5.74, 6) is 0. The molecule has 0 fully saturated rings. The topological polar surface area (TPSA) is 95.2 Å². The van der Waals surface area contributed by atoms with E-state index in [1.54, 1.807) is 24.3 Å². The van der Waals surface area contributed by atoms with Crippen LogP contribution in [0.1, 0.15) is 22.3 Å². The van der Waals surface area contributed by atoms with Gasteiger partial charge in [0.25, 0.3) is 0 Å². The van der Waals surface area contributed by atoms with Gasteiger partial charge in [-0.2, -0.15) is 21.0 Å². The monoisotopic (exact) mass is 210 g/mol. The van der Waals surface area contributed by atoms with Gasteiger partial charge in [0, 0.05) is 4.90 Å². The van der Waals surface area contributed by atoms with Crippen LogP contribution in [-0.4, -0.2) is 0 Å². The molecule has 0 amide bonds. The number of hydrogen-bond donors (Lipinski definition) is 1. The first-order valence-electron chi connectivity index (χ1n) is 3.70. The lowest BCUT2D eigenvalue weighted by atomic mass is 9.98. The first-order valence-corrected chi connectivity index (χ1v) is 4.14. The first-order chi connectivity index (χ1) is 7.19. The molecular formula is C10H2N4S. The van der Waals surface area contributed by atoms with Crippen LogP contribution in [0.4, 0.5) is 0 Å². The van der Waals surface area contributed by atoms with E-state index in [0.717, 1.165) is 0 Å². The van der Waals surface area contributed by atoms with Gasteiger partial charge in [0.1, 0.15) is 24.3 Å². The van der Waals surface area contributed by atoms with Crippen LogP contribution >= 0.6 is 12.6 Å². The number of hydrogen-bond acceptors (Lipinski definition) is 5. The van der Waals surface area contributed by atoms with Crippen LogP contribution in [0.3, 0.4) is 0 Å². The molecule has 0 aliphatic rings. The maximum absolute atomic E-state index is 8.81. The lowest BCUT2D eigenvalue weighted by Crippen LogP contribution is -1.95. The SMILES string of the molecule is N#Cc1cc(S)c(C#N)c(C#N)c1C#N. The zero-order valence-corrected chi connectivity index (χ0v) is 8.21. The van der Waals surface area contributed by atoms with E-state index in [0.29, 0.717) is 0 Å². The predicted molar refractivity (Wildman–Crippen MR) is 52.6 cm³/mol. The smallest absolute Gasteiger partial charge is 0.102 e. The Hall–Kier alpha value is -2.47. The predicted octanol–water partition coefficient (Wildman–Crippen LogP) is 1.46. The highest BCUT2D eigenvalue weighted by Gasteiger charge is 2.16. The van der Waals surface area contributed by atoms with Gasteiger partial charge >= 0.3 is 0 Å². The number of thiol groups is 1. The number of nitrogens with zero attached hydrogens (tertiary/aromatic N) is 4. The van der Waals surface area contributed by atoms with Crippen LogP contribution in [0.5, 0.6) is 0 Å². The van der Waals surface area contributed by atoms with E-state index in [-0.39, 0.29) is 27.1 Å². The average Bonchev–Trinajstić information content (AvgIpc) is 2.27.